The highest BCUT2D eigenvalue weighted by molar-refractivity contribution is 6.32. The van der Waals surface area contributed by atoms with Crippen LogP contribution in [0.1, 0.15) is 37.0 Å². The Bertz CT molecular complexity index is 640. The lowest BCUT2D eigenvalue weighted by Crippen LogP contribution is -2.47. The van der Waals surface area contributed by atoms with Crippen LogP contribution in [-0.2, 0) is 4.79 Å². The maximum atomic E-state index is 12.7. The Morgan fingerprint density at radius 2 is 1.84 bits per heavy atom. The molecule has 1 saturated heterocycles. The SMILES string of the molecule is COc1cc(C(=O)N2CCC(NC(=O)C(C)C)CC2)cc(Cl)c1OC. The molecule has 0 radical (unpaired) electrons. The van der Waals surface area contributed by atoms with E-state index in [-0.39, 0.29) is 23.8 Å². The molecule has 0 unspecified atom stereocenters. The van der Waals surface area contributed by atoms with Crippen molar-refractivity contribution in [2.24, 2.45) is 5.92 Å². The number of carbonyl (C=O) groups is 2. The minimum Gasteiger partial charge on any atom is -0.493 e. The van der Waals surface area contributed by atoms with Crippen LogP contribution in [0.4, 0.5) is 0 Å². The van der Waals surface area contributed by atoms with Crippen LogP contribution in [0.15, 0.2) is 12.1 Å². The van der Waals surface area contributed by atoms with Crippen LogP contribution in [-0.4, -0.2) is 50.1 Å². The molecule has 1 fully saturated rings. The van der Waals surface area contributed by atoms with Gasteiger partial charge in [0.15, 0.2) is 11.5 Å². The van der Waals surface area contributed by atoms with E-state index in [4.69, 9.17) is 21.1 Å². The average Bonchev–Trinajstić information content (AvgIpc) is 2.60. The molecule has 6 nitrogen and oxygen atoms in total. The van der Waals surface area contributed by atoms with Crippen molar-refractivity contribution in [3.8, 4) is 11.5 Å². The molecule has 0 bridgehead atoms. The smallest absolute Gasteiger partial charge is 0.254 e. The van der Waals surface area contributed by atoms with E-state index in [0.717, 1.165) is 12.8 Å². The van der Waals surface area contributed by atoms with Gasteiger partial charge in [-0.15, -0.1) is 0 Å². The van der Waals surface area contributed by atoms with E-state index >= 15 is 0 Å². The van der Waals surface area contributed by atoms with Gasteiger partial charge < -0.3 is 19.7 Å². The van der Waals surface area contributed by atoms with E-state index in [0.29, 0.717) is 35.2 Å². The first-order valence-electron chi connectivity index (χ1n) is 8.38. The summed E-state index contributed by atoms with van der Waals surface area (Å²) in [5, 5.41) is 3.36. The van der Waals surface area contributed by atoms with Gasteiger partial charge in [-0.25, -0.2) is 0 Å². The highest BCUT2D eigenvalue weighted by Crippen LogP contribution is 2.36. The number of hydrogen-bond acceptors (Lipinski definition) is 4. The second kappa shape index (κ2) is 8.43. The number of halogens is 1. The number of benzene rings is 1. The minimum atomic E-state index is -0.100. The highest BCUT2D eigenvalue weighted by Gasteiger charge is 2.26. The standard InChI is InChI=1S/C18H25ClN2O4/c1-11(2)17(22)20-13-5-7-21(8-6-13)18(23)12-9-14(19)16(25-4)15(10-12)24-3/h9-11,13H,5-8H2,1-4H3,(H,20,22). The topological polar surface area (TPSA) is 67.9 Å². The Morgan fingerprint density at radius 3 is 2.36 bits per heavy atom. The van der Waals surface area contributed by atoms with Crippen molar-refractivity contribution in [1.82, 2.24) is 10.2 Å². The molecule has 2 rings (SSSR count). The third kappa shape index (κ3) is 4.57. The van der Waals surface area contributed by atoms with Crippen LogP contribution in [0.3, 0.4) is 0 Å². The number of piperidine rings is 1. The molecule has 0 spiro atoms. The van der Waals surface area contributed by atoms with Crippen LogP contribution in [0.2, 0.25) is 5.02 Å². The second-order valence-corrected chi connectivity index (χ2v) is 6.83. The van der Waals surface area contributed by atoms with Gasteiger partial charge in [0.25, 0.3) is 5.91 Å². The van der Waals surface area contributed by atoms with Gasteiger partial charge in [0.2, 0.25) is 5.91 Å². The van der Waals surface area contributed by atoms with Crippen LogP contribution in [0, 0.1) is 5.92 Å². The predicted octanol–water partition coefficient (Wildman–Crippen LogP) is 2.73. The molecular formula is C18H25ClN2O4. The van der Waals surface area contributed by atoms with Gasteiger partial charge >= 0.3 is 0 Å². The summed E-state index contributed by atoms with van der Waals surface area (Å²) in [4.78, 5) is 26.3. The van der Waals surface area contributed by atoms with E-state index in [2.05, 4.69) is 5.32 Å². The van der Waals surface area contributed by atoms with Crippen molar-refractivity contribution in [3.63, 3.8) is 0 Å². The Labute approximate surface area is 153 Å². The summed E-state index contributed by atoms with van der Waals surface area (Å²) in [6, 6.07) is 3.35. The molecule has 0 saturated carbocycles. The molecule has 1 aliphatic rings. The number of rotatable bonds is 5. The molecule has 138 valence electrons. The molecule has 2 amide bonds. The van der Waals surface area contributed by atoms with Crippen LogP contribution < -0.4 is 14.8 Å². The molecule has 0 atom stereocenters. The summed E-state index contributed by atoms with van der Waals surface area (Å²) >= 11 is 6.18. The zero-order valence-electron chi connectivity index (χ0n) is 15.1. The fourth-order valence-corrected chi connectivity index (χ4v) is 3.11. The van der Waals surface area contributed by atoms with Gasteiger partial charge in [-0.1, -0.05) is 25.4 Å². The fraction of sp³-hybridized carbons (Fsp3) is 0.556. The van der Waals surface area contributed by atoms with Crippen LogP contribution in [0.25, 0.3) is 0 Å². The van der Waals surface area contributed by atoms with Gasteiger partial charge in [0, 0.05) is 30.6 Å². The zero-order valence-corrected chi connectivity index (χ0v) is 15.9. The quantitative estimate of drug-likeness (QED) is 0.867. The molecule has 7 heteroatoms. The number of nitrogens with zero attached hydrogens (tertiary/aromatic N) is 1. The average molecular weight is 369 g/mol. The van der Waals surface area contributed by atoms with E-state index in [1.807, 2.05) is 13.8 Å². The summed E-state index contributed by atoms with van der Waals surface area (Å²) in [5.74, 6) is 0.759. The number of carbonyl (C=O) groups excluding carboxylic acids is 2. The largest absolute Gasteiger partial charge is 0.493 e. The number of likely N-dealkylation sites (tertiary alicyclic amines) is 1. The fourth-order valence-electron chi connectivity index (χ4n) is 2.82. The lowest BCUT2D eigenvalue weighted by Gasteiger charge is -2.33. The first-order valence-corrected chi connectivity index (χ1v) is 8.76. The molecule has 1 aromatic carbocycles. The predicted molar refractivity (Wildman–Crippen MR) is 96.5 cm³/mol. The van der Waals surface area contributed by atoms with Crippen LogP contribution in [0.5, 0.6) is 11.5 Å². The lowest BCUT2D eigenvalue weighted by atomic mass is 10.0. The molecule has 0 aromatic heterocycles. The van der Waals surface area contributed by atoms with E-state index in [9.17, 15) is 9.59 Å². The maximum absolute atomic E-state index is 12.7. The number of ether oxygens (including phenoxy) is 2. The lowest BCUT2D eigenvalue weighted by molar-refractivity contribution is -0.124. The van der Waals surface area contributed by atoms with Gasteiger partial charge in [-0.3, -0.25) is 9.59 Å². The molecule has 1 aromatic rings. The molecule has 1 aliphatic heterocycles. The van der Waals surface area contributed by atoms with Crippen molar-refractivity contribution in [3.05, 3.63) is 22.7 Å². The van der Waals surface area contributed by atoms with Crippen molar-refractivity contribution in [1.29, 1.82) is 0 Å². The number of hydrogen-bond donors (Lipinski definition) is 1. The van der Waals surface area contributed by atoms with E-state index in [1.54, 1.807) is 17.0 Å². The molecule has 1 heterocycles. The third-order valence-corrected chi connectivity index (χ3v) is 4.61. The third-order valence-electron chi connectivity index (χ3n) is 4.33. The first kappa shape index (κ1) is 19.4. The molecule has 1 N–H and O–H groups in total. The molecular weight excluding hydrogens is 344 g/mol. The summed E-state index contributed by atoms with van der Waals surface area (Å²) in [7, 11) is 3.01. The summed E-state index contributed by atoms with van der Waals surface area (Å²) in [6.45, 7) is 4.92. The second-order valence-electron chi connectivity index (χ2n) is 6.42. The molecule has 0 aliphatic carbocycles. The van der Waals surface area contributed by atoms with Crippen LogP contribution >= 0.6 is 11.6 Å². The van der Waals surface area contributed by atoms with Crippen molar-refractivity contribution >= 4 is 23.4 Å². The van der Waals surface area contributed by atoms with Gasteiger partial charge in [0.05, 0.1) is 19.2 Å². The monoisotopic (exact) mass is 368 g/mol. The van der Waals surface area contributed by atoms with Gasteiger partial charge in [-0.2, -0.15) is 0 Å². The zero-order chi connectivity index (χ0) is 18.6. The summed E-state index contributed by atoms with van der Waals surface area (Å²) in [5.41, 5.74) is 0.465. The van der Waals surface area contributed by atoms with Crippen molar-refractivity contribution in [2.45, 2.75) is 32.7 Å². The maximum Gasteiger partial charge on any atom is 0.254 e. The van der Waals surface area contributed by atoms with Gasteiger partial charge in [0.1, 0.15) is 0 Å². The minimum absolute atomic E-state index is 0.0337. The Hall–Kier alpha value is -1.95. The van der Waals surface area contributed by atoms with Gasteiger partial charge in [-0.05, 0) is 25.0 Å². The summed E-state index contributed by atoms with van der Waals surface area (Å²) < 4.78 is 10.4. The Balaban J connectivity index is 2.03. The normalized spacial score (nSPS) is 15.2. The number of amides is 2. The summed E-state index contributed by atoms with van der Waals surface area (Å²) in [6.07, 6.45) is 1.48. The number of methoxy groups -OCH3 is 2. The van der Waals surface area contributed by atoms with Crippen molar-refractivity contribution in [2.75, 3.05) is 27.3 Å². The van der Waals surface area contributed by atoms with E-state index in [1.165, 1.54) is 14.2 Å². The number of nitrogens with one attached hydrogen (secondary N) is 1. The highest BCUT2D eigenvalue weighted by atomic mass is 35.5. The van der Waals surface area contributed by atoms with E-state index < -0.39 is 0 Å². The first-order chi connectivity index (χ1) is 11.9. The molecule has 25 heavy (non-hydrogen) atoms. The Kier molecular flexibility index (Phi) is 6.53. The van der Waals surface area contributed by atoms with Crippen molar-refractivity contribution < 1.29 is 19.1 Å². The Morgan fingerprint density at radius 1 is 1.20 bits per heavy atom.